The molecule has 0 spiro atoms. The van der Waals surface area contributed by atoms with Gasteiger partial charge in [-0.3, -0.25) is 5.10 Å². The lowest BCUT2D eigenvalue weighted by molar-refractivity contribution is 1.10. The van der Waals surface area contributed by atoms with Crippen molar-refractivity contribution in [2.45, 2.75) is 6.92 Å². The first-order chi connectivity index (χ1) is 10.1. The van der Waals surface area contributed by atoms with Crippen molar-refractivity contribution in [2.24, 2.45) is 0 Å². The van der Waals surface area contributed by atoms with Gasteiger partial charge in [-0.1, -0.05) is 51.8 Å². The number of hydrogen-bond acceptors (Lipinski definition) is 2. The quantitative estimate of drug-likeness (QED) is 0.670. The Kier molecular flexibility index (Phi) is 3.74. The molecule has 3 N–H and O–H groups in total. The van der Waals surface area contributed by atoms with E-state index in [9.17, 15) is 0 Å². The topological polar surface area (TPSA) is 54.7 Å². The van der Waals surface area contributed by atoms with Crippen LogP contribution in [0.3, 0.4) is 0 Å². The van der Waals surface area contributed by atoms with Gasteiger partial charge in [0.2, 0.25) is 0 Å². The summed E-state index contributed by atoms with van der Waals surface area (Å²) in [5.41, 5.74) is 11.0. The Balaban J connectivity index is 2.19. The van der Waals surface area contributed by atoms with Crippen LogP contribution in [0.15, 0.2) is 46.9 Å². The van der Waals surface area contributed by atoms with Crippen molar-refractivity contribution < 1.29 is 0 Å². The van der Waals surface area contributed by atoms with Gasteiger partial charge in [-0.2, -0.15) is 5.10 Å². The lowest BCUT2D eigenvalue weighted by Gasteiger charge is -2.08. The minimum Gasteiger partial charge on any atom is -0.382 e. The molecular weight excluding hydrogens is 350 g/mol. The van der Waals surface area contributed by atoms with Crippen LogP contribution in [0.4, 0.5) is 5.82 Å². The zero-order chi connectivity index (χ0) is 15.0. The molecule has 0 amide bonds. The minimum absolute atomic E-state index is 0.472. The van der Waals surface area contributed by atoms with Crippen LogP contribution in [-0.4, -0.2) is 10.2 Å². The van der Waals surface area contributed by atoms with Crippen molar-refractivity contribution in [3.8, 4) is 22.4 Å². The van der Waals surface area contributed by atoms with Crippen molar-refractivity contribution in [3.05, 3.63) is 57.5 Å². The van der Waals surface area contributed by atoms with Crippen LogP contribution in [0.5, 0.6) is 0 Å². The molecule has 21 heavy (non-hydrogen) atoms. The van der Waals surface area contributed by atoms with E-state index in [4.69, 9.17) is 17.3 Å². The number of rotatable bonds is 2. The molecule has 0 aliphatic rings. The Bertz CT molecular complexity index is 794. The fourth-order valence-electron chi connectivity index (χ4n) is 2.28. The molecule has 0 saturated carbocycles. The smallest absolute Gasteiger partial charge is 0.153 e. The number of nitrogens with one attached hydrogen (secondary N) is 1. The van der Waals surface area contributed by atoms with Crippen molar-refractivity contribution in [1.29, 1.82) is 0 Å². The molecule has 0 aliphatic heterocycles. The number of H-pyrrole nitrogens is 1. The molecule has 0 unspecified atom stereocenters. The molecule has 0 atom stereocenters. The second kappa shape index (κ2) is 5.54. The molecule has 1 heterocycles. The zero-order valence-electron chi connectivity index (χ0n) is 11.3. The van der Waals surface area contributed by atoms with E-state index in [1.165, 1.54) is 5.56 Å². The molecule has 106 valence electrons. The highest BCUT2D eigenvalue weighted by molar-refractivity contribution is 9.10. The van der Waals surface area contributed by atoms with Gasteiger partial charge in [0, 0.05) is 15.1 Å². The molecule has 1 aromatic heterocycles. The van der Waals surface area contributed by atoms with Crippen LogP contribution in [0.25, 0.3) is 22.4 Å². The molecule has 3 aromatic rings. The highest BCUT2D eigenvalue weighted by Crippen LogP contribution is 2.38. The van der Waals surface area contributed by atoms with Gasteiger partial charge in [-0.05, 0) is 36.2 Å². The summed E-state index contributed by atoms with van der Waals surface area (Å²) in [6.07, 6.45) is 0. The van der Waals surface area contributed by atoms with Gasteiger partial charge in [0.1, 0.15) is 0 Å². The second-order valence-corrected chi connectivity index (χ2v) is 6.14. The fourth-order valence-corrected chi connectivity index (χ4v) is 3.10. The molecule has 5 heteroatoms. The van der Waals surface area contributed by atoms with E-state index in [2.05, 4.69) is 45.2 Å². The summed E-state index contributed by atoms with van der Waals surface area (Å²) in [5.74, 6) is 0.472. The number of benzene rings is 2. The van der Waals surface area contributed by atoms with Crippen LogP contribution in [0.1, 0.15) is 5.56 Å². The average Bonchev–Trinajstić information content (AvgIpc) is 2.82. The standard InChI is InChI=1S/C16H13BrClN3/c1-9-2-7-12(13(17)8-9)15-14(16(19)21-20-15)10-3-5-11(18)6-4-10/h2-8H,1H3,(H3,19,20,21). The summed E-state index contributed by atoms with van der Waals surface area (Å²) >= 11 is 9.55. The molecule has 0 bridgehead atoms. The SMILES string of the molecule is Cc1ccc(-c2[nH]nc(N)c2-c2ccc(Cl)cc2)c(Br)c1. The number of aromatic nitrogens is 2. The van der Waals surface area contributed by atoms with E-state index in [-0.39, 0.29) is 0 Å². The normalized spacial score (nSPS) is 10.8. The van der Waals surface area contributed by atoms with Gasteiger partial charge < -0.3 is 5.73 Å². The maximum absolute atomic E-state index is 6.04. The summed E-state index contributed by atoms with van der Waals surface area (Å²) < 4.78 is 1.00. The minimum atomic E-state index is 0.472. The molecule has 2 aromatic carbocycles. The summed E-state index contributed by atoms with van der Waals surface area (Å²) in [7, 11) is 0. The number of nitrogens with two attached hydrogens (primary N) is 1. The van der Waals surface area contributed by atoms with Gasteiger partial charge >= 0.3 is 0 Å². The van der Waals surface area contributed by atoms with E-state index >= 15 is 0 Å². The Morgan fingerprint density at radius 2 is 1.86 bits per heavy atom. The molecule has 0 fully saturated rings. The number of hydrogen-bond donors (Lipinski definition) is 2. The van der Waals surface area contributed by atoms with Crippen molar-refractivity contribution in [1.82, 2.24) is 10.2 Å². The summed E-state index contributed by atoms with van der Waals surface area (Å²) in [4.78, 5) is 0. The van der Waals surface area contributed by atoms with Gasteiger partial charge in [0.15, 0.2) is 5.82 Å². The highest BCUT2D eigenvalue weighted by Gasteiger charge is 2.16. The van der Waals surface area contributed by atoms with Crippen molar-refractivity contribution in [3.63, 3.8) is 0 Å². The Morgan fingerprint density at radius 1 is 1.14 bits per heavy atom. The first kappa shape index (κ1) is 14.2. The number of halogens is 2. The number of aryl methyl sites for hydroxylation is 1. The monoisotopic (exact) mass is 361 g/mol. The van der Waals surface area contributed by atoms with Gasteiger partial charge in [0.25, 0.3) is 0 Å². The van der Waals surface area contributed by atoms with Crippen LogP contribution in [-0.2, 0) is 0 Å². The largest absolute Gasteiger partial charge is 0.382 e. The van der Waals surface area contributed by atoms with Gasteiger partial charge in [0.05, 0.1) is 11.3 Å². The Labute approximate surface area is 136 Å². The molecule has 0 aliphatic carbocycles. The third-order valence-electron chi connectivity index (χ3n) is 3.32. The molecule has 3 rings (SSSR count). The maximum Gasteiger partial charge on any atom is 0.153 e. The third-order valence-corrected chi connectivity index (χ3v) is 4.23. The van der Waals surface area contributed by atoms with Crippen LogP contribution >= 0.6 is 27.5 Å². The first-order valence-electron chi connectivity index (χ1n) is 6.42. The third kappa shape index (κ3) is 2.69. The van der Waals surface area contributed by atoms with Crippen LogP contribution in [0, 0.1) is 6.92 Å². The van der Waals surface area contributed by atoms with Gasteiger partial charge in [-0.25, -0.2) is 0 Å². The summed E-state index contributed by atoms with van der Waals surface area (Å²) in [6, 6.07) is 13.7. The molecule has 3 nitrogen and oxygen atoms in total. The zero-order valence-corrected chi connectivity index (χ0v) is 13.7. The van der Waals surface area contributed by atoms with Gasteiger partial charge in [-0.15, -0.1) is 0 Å². The summed E-state index contributed by atoms with van der Waals surface area (Å²) in [5, 5.41) is 7.87. The van der Waals surface area contributed by atoms with E-state index < -0.39 is 0 Å². The van der Waals surface area contributed by atoms with Crippen LogP contribution < -0.4 is 5.73 Å². The lowest BCUT2D eigenvalue weighted by Crippen LogP contribution is -1.89. The molecule has 0 saturated heterocycles. The second-order valence-electron chi connectivity index (χ2n) is 4.85. The lowest BCUT2D eigenvalue weighted by atomic mass is 10.0. The molecular formula is C16H13BrClN3. The number of aromatic amines is 1. The molecule has 0 radical (unpaired) electrons. The highest BCUT2D eigenvalue weighted by atomic mass is 79.9. The Hall–Kier alpha value is -1.78. The number of nitrogens with zero attached hydrogens (tertiary/aromatic N) is 1. The van der Waals surface area contributed by atoms with Crippen molar-refractivity contribution in [2.75, 3.05) is 5.73 Å². The fraction of sp³-hybridized carbons (Fsp3) is 0.0625. The number of anilines is 1. The first-order valence-corrected chi connectivity index (χ1v) is 7.59. The predicted octanol–water partition coefficient (Wildman–Crippen LogP) is 5.05. The van der Waals surface area contributed by atoms with E-state index in [1.807, 2.05) is 30.3 Å². The predicted molar refractivity (Wildman–Crippen MR) is 91.3 cm³/mol. The Morgan fingerprint density at radius 3 is 2.52 bits per heavy atom. The van der Waals surface area contributed by atoms with E-state index in [1.54, 1.807) is 0 Å². The van der Waals surface area contributed by atoms with E-state index in [0.29, 0.717) is 10.8 Å². The number of nitrogen functional groups attached to an aromatic ring is 1. The van der Waals surface area contributed by atoms with Crippen molar-refractivity contribution >= 4 is 33.3 Å². The average molecular weight is 363 g/mol. The van der Waals surface area contributed by atoms with Crippen LogP contribution in [0.2, 0.25) is 5.02 Å². The van der Waals surface area contributed by atoms with E-state index in [0.717, 1.165) is 26.9 Å². The summed E-state index contributed by atoms with van der Waals surface area (Å²) in [6.45, 7) is 2.05. The maximum atomic E-state index is 6.04.